The monoisotopic (exact) mass is 372 g/mol. The Labute approximate surface area is 154 Å². The lowest BCUT2D eigenvalue weighted by molar-refractivity contribution is -0.385. The molecule has 0 fully saturated rings. The Kier molecular flexibility index (Phi) is 6.53. The first-order valence-corrected chi connectivity index (χ1v) is 7.71. The van der Waals surface area contributed by atoms with Gasteiger partial charge < -0.3 is 9.68 Å². The second kappa shape index (κ2) is 9.04. The fourth-order valence-electron chi connectivity index (χ4n) is 2.06. The minimum absolute atomic E-state index is 0.0459. The summed E-state index contributed by atoms with van der Waals surface area (Å²) in [6.07, 6.45) is 0. The van der Waals surface area contributed by atoms with Gasteiger partial charge >= 0.3 is 0 Å². The van der Waals surface area contributed by atoms with Crippen molar-refractivity contribution < 1.29 is 19.5 Å². The summed E-state index contributed by atoms with van der Waals surface area (Å²) in [5, 5.41) is 29.2. The van der Waals surface area contributed by atoms with E-state index in [-0.39, 0.29) is 18.2 Å². The molecular weight excluding hydrogens is 356 g/mol. The van der Waals surface area contributed by atoms with Crippen LogP contribution >= 0.6 is 0 Å². The zero-order valence-corrected chi connectivity index (χ0v) is 14.6. The quantitative estimate of drug-likeness (QED) is 0.229. The number of benzene rings is 2. The van der Waals surface area contributed by atoms with Crippen molar-refractivity contribution in [1.82, 2.24) is 0 Å². The molecule has 10 heteroatoms. The lowest BCUT2D eigenvalue weighted by atomic mass is 10.1. The second-order valence-electron chi connectivity index (χ2n) is 5.34. The molecule has 0 aliphatic rings. The normalized spacial score (nSPS) is 11.8. The van der Waals surface area contributed by atoms with Gasteiger partial charge in [0.05, 0.1) is 21.3 Å². The number of hydrogen-bond donors (Lipinski definition) is 0. The lowest BCUT2D eigenvalue weighted by Gasteiger charge is -2.03. The standard InChI is InChI=1S/C17H16N4O6/c1-12(14-5-3-7-16(9-14)20(22)23)18-26-11-27-19-13(2)15-6-4-8-17(10-15)21(24)25/h3-10H,11H2,1-2H3/b18-12+,19-13+. The van der Waals surface area contributed by atoms with E-state index in [4.69, 9.17) is 9.68 Å². The highest BCUT2D eigenvalue weighted by molar-refractivity contribution is 5.99. The fourth-order valence-corrected chi connectivity index (χ4v) is 2.06. The SMILES string of the molecule is C/C(=N\OCO/N=C(\C)c1cccc([N+](=O)[O-])c1)c1cccc([N+](=O)[O-])c1. The highest BCUT2D eigenvalue weighted by atomic mass is 16.8. The van der Waals surface area contributed by atoms with Crippen molar-refractivity contribution in [2.24, 2.45) is 10.3 Å². The maximum atomic E-state index is 10.8. The smallest absolute Gasteiger partial charge is 0.280 e. The predicted molar refractivity (Wildman–Crippen MR) is 97.7 cm³/mol. The Balaban J connectivity index is 1.92. The molecule has 0 saturated carbocycles. The van der Waals surface area contributed by atoms with Crippen LogP contribution in [-0.2, 0) is 9.68 Å². The number of oxime groups is 2. The van der Waals surface area contributed by atoms with Crippen molar-refractivity contribution in [1.29, 1.82) is 0 Å². The Morgan fingerprint density at radius 1 is 0.852 bits per heavy atom. The third-order valence-electron chi connectivity index (χ3n) is 3.46. The van der Waals surface area contributed by atoms with E-state index >= 15 is 0 Å². The van der Waals surface area contributed by atoms with Crippen LogP contribution in [0.2, 0.25) is 0 Å². The third kappa shape index (κ3) is 5.59. The first kappa shape index (κ1) is 19.5. The molecule has 0 spiro atoms. The van der Waals surface area contributed by atoms with Gasteiger partial charge in [-0.25, -0.2) is 0 Å². The van der Waals surface area contributed by atoms with Crippen LogP contribution in [0.3, 0.4) is 0 Å². The zero-order chi connectivity index (χ0) is 19.8. The Morgan fingerprint density at radius 3 is 1.63 bits per heavy atom. The number of nitrogens with zero attached hydrogens (tertiary/aromatic N) is 4. The van der Waals surface area contributed by atoms with Gasteiger partial charge in [0.2, 0.25) is 0 Å². The van der Waals surface area contributed by atoms with Crippen molar-refractivity contribution in [3.05, 3.63) is 79.9 Å². The number of nitro benzene ring substituents is 2. The third-order valence-corrected chi connectivity index (χ3v) is 3.46. The molecule has 10 nitrogen and oxygen atoms in total. The topological polar surface area (TPSA) is 129 Å². The van der Waals surface area contributed by atoms with Gasteiger partial charge in [0.25, 0.3) is 18.2 Å². The summed E-state index contributed by atoms with van der Waals surface area (Å²) in [6.45, 7) is 2.98. The molecule has 0 saturated heterocycles. The molecule has 0 N–H and O–H groups in total. The molecule has 0 aromatic heterocycles. The van der Waals surface area contributed by atoms with Gasteiger partial charge in [-0.2, -0.15) is 0 Å². The molecule has 2 aromatic rings. The van der Waals surface area contributed by atoms with Gasteiger partial charge in [-0.3, -0.25) is 20.2 Å². The molecule has 0 unspecified atom stereocenters. The molecule has 0 aliphatic carbocycles. The van der Waals surface area contributed by atoms with Crippen LogP contribution < -0.4 is 0 Å². The summed E-state index contributed by atoms with van der Waals surface area (Å²) >= 11 is 0. The van der Waals surface area contributed by atoms with E-state index < -0.39 is 9.85 Å². The molecule has 0 bridgehead atoms. The average molecular weight is 372 g/mol. The number of rotatable bonds is 8. The molecule has 0 amide bonds. The fraction of sp³-hybridized carbons (Fsp3) is 0.176. The van der Waals surface area contributed by atoms with Gasteiger partial charge in [0.15, 0.2) is 0 Å². The molecular formula is C17H16N4O6. The Bertz CT molecular complexity index is 836. The van der Waals surface area contributed by atoms with E-state index in [9.17, 15) is 20.2 Å². The van der Waals surface area contributed by atoms with Crippen molar-refractivity contribution in [2.75, 3.05) is 6.79 Å². The summed E-state index contributed by atoms with van der Waals surface area (Å²) in [6, 6.07) is 12.0. The maximum absolute atomic E-state index is 10.8. The number of non-ortho nitro benzene ring substituents is 2. The first-order valence-electron chi connectivity index (χ1n) is 7.71. The van der Waals surface area contributed by atoms with Crippen molar-refractivity contribution in [3.63, 3.8) is 0 Å². The largest absolute Gasteiger partial charge is 0.352 e. The van der Waals surface area contributed by atoms with Crippen LogP contribution in [0.5, 0.6) is 0 Å². The second-order valence-corrected chi connectivity index (χ2v) is 5.34. The van der Waals surface area contributed by atoms with Crippen molar-refractivity contribution >= 4 is 22.8 Å². The van der Waals surface area contributed by atoms with Gasteiger partial charge in [-0.1, -0.05) is 34.6 Å². The molecule has 140 valence electrons. The molecule has 0 heterocycles. The Morgan fingerprint density at radius 2 is 1.26 bits per heavy atom. The van der Waals surface area contributed by atoms with Crippen LogP contribution in [0.4, 0.5) is 11.4 Å². The highest BCUT2D eigenvalue weighted by Gasteiger charge is 2.08. The highest BCUT2D eigenvalue weighted by Crippen LogP contribution is 2.15. The van der Waals surface area contributed by atoms with Gasteiger partial charge in [0.1, 0.15) is 0 Å². The molecule has 0 radical (unpaired) electrons. The predicted octanol–water partition coefficient (Wildman–Crippen LogP) is 3.64. The molecule has 2 aromatic carbocycles. The van der Waals surface area contributed by atoms with Crippen LogP contribution in [0, 0.1) is 20.2 Å². The van der Waals surface area contributed by atoms with E-state index in [1.54, 1.807) is 38.1 Å². The maximum Gasteiger partial charge on any atom is 0.280 e. The minimum Gasteiger partial charge on any atom is -0.352 e. The van der Waals surface area contributed by atoms with Crippen LogP contribution in [-0.4, -0.2) is 28.1 Å². The molecule has 2 rings (SSSR count). The van der Waals surface area contributed by atoms with E-state index in [2.05, 4.69) is 10.3 Å². The summed E-state index contributed by atoms with van der Waals surface area (Å²) in [7, 11) is 0. The number of hydrogen-bond acceptors (Lipinski definition) is 8. The van der Waals surface area contributed by atoms with Crippen molar-refractivity contribution in [3.8, 4) is 0 Å². The van der Waals surface area contributed by atoms with Gasteiger partial charge in [-0.15, -0.1) is 0 Å². The van der Waals surface area contributed by atoms with Gasteiger partial charge in [-0.05, 0) is 13.8 Å². The summed E-state index contributed by atoms with van der Waals surface area (Å²) < 4.78 is 0. The van der Waals surface area contributed by atoms with Gasteiger partial charge in [0, 0.05) is 35.4 Å². The Hall–Kier alpha value is -3.82. The summed E-state index contributed by atoms with van der Waals surface area (Å²) in [4.78, 5) is 30.5. The molecule has 0 aliphatic heterocycles. The average Bonchev–Trinajstić information content (AvgIpc) is 2.67. The van der Waals surface area contributed by atoms with Crippen LogP contribution in [0.1, 0.15) is 25.0 Å². The zero-order valence-electron chi connectivity index (χ0n) is 14.6. The van der Waals surface area contributed by atoms with E-state index in [0.717, 1.165) is 0 Å². The molecule has 27 heavy (non-hydrogen) atoms. The van der Waals surface area contributed by atoms with Crippen molar-refractivity contribution in [2.45, 2.75) is 13.8 Å². The summed E-state index contributed by atoms with van der Waals surface area (Å²) in [5.74, 6) is 0. The first-order chi connectivity index (χ1) is 12.9. The number of nitro groups is 2. The van der Waals surface area contributed by atoms with Crippen LogP contribution in [0.15, 0.2) is 58.8 Å². The van der Waals surface area contributed by atoms with E-state index in [1.165, 1.54) is 24.3 Å². The van der Waals surface area contributed by atoms with E-state index in [0.29, 0.717) is 22.6 Å². The lowest BCUT2D eigenvalue weighted by Crippen LogP contribution is -2.01. The summed E-state index contributed by atoms with van der Waals surface area (Å²) in [5.41, 5.74) is 1.86. The van der Waals surface area contributed by atoms with E-state index in [1.807, 2.05) is 0 Å². The minimum atomic E-state index is -0.494. The van der Waals surface area contributed by atoms with Crippen LogP contribution in [0.25, 0.3) is 0 Å². The molecule has 0 atom stereocenters.